The first-order chi connectivity index (χ1) is 12.6. The zero-order valence-electron chi connectivity index (χ0n) is 15.9. The van der Waals surface area contributed by atoms with Crippen LogP contribution in [0.4, 0.5) is 4.39 Å². The molecule has 4 rings (SSSR count). The van der Waals surface area contributed by atoms with Gasteiger partial charge in [-0.25, -0.2) is 4.39 Å². The average Bonchev–Trinajstić information content (AvgIpc) is 2.87. The third-order valence-corrected chi connectivity index (χ3v) is 8.56. The van der Waals surface area contributed by atoms with Gasteiger partial charge in [0.1, 0.15) is 5.78 Å². The molecule has 4 aliphatic carbocycles. The van der Waals surface area contributed by atoms with E-state index in [4.69, 9.17) is 0 Å². The summed E-state index contributed by atoms with van der Waals surface area (Å²) in [4.78, 5) is 36.5. The highest BCUT2D eigenvalue weighted by Gasteiger charge is 2.61. The Hall–Kier alpha value is -1.30. The molecule has 0 aromatic carbocycles. The van der Waals surface area contributed by atoms with Gasteiger partial charge in [0.05, 0.1) is 5.70 Å². The molecule has 0 aliphatic heterocycles. The van der Waals surface area contributed by atoms with Crippen LogP contribution in [-0.4, -0.2) is 22.3 Å². The van der Waals surface area contributed by atoms with Crippen molar-refractivity contribution >= 4 is 33.4 Å². The van der Waals surface area contributed by atoms with Crippen LogP contribution >= 0.6 is 15.9 Å². The van der Waals surface area contributed by atoms with E-state index in [1.807, 2.05) is 6.92 Å². The third kappa shape index (κ3) is 2.55. The molecule has 4 aliphatic rings. The summed E-state index contributed by atoms with van der Waals surface area (Å²) in [6, 6.07) is 0. The van der Waals surface area contributed by atoms with Crippen molar-refractivity contribution in [1.82, 2.24) is 5.32 Å². The number of amides is 1. The number of alkyl halides is 1. The molecular weight excluding hydrogens is 413 g/mol. The molecule has 4 nitrogen and oxygen atoms in total. The number of Topliss-reactive ketones (excluding diaryl/α,β-unsaturated/α-hetero) is 2. The fourth-order valence-electron chi connectivity index (χ4n) is 6.51. The highest BCUT2D eigenvalue weighted by atomic mass is 79.9. The predicted octanol–water partition coefficient (Wildman–Crippen LogP) is 4.00. The monoisotopic (exact) mass is 437 g/mol. The maximum atomic E-state index is 14.6. The Morgan fingerprint density at radius 3 is 2.63 bits per heavy atom. The minimum Gasteiger partial charge on any atom is -0.323 e. The standard InChI is InChI=1S/C21H25BrFNO3/c1-10(25)24-18-17-14(22)8-11-12-4-5-16(26)20(12,2)7-6-13(11)21(17,3)9-15(23)19(18)27/h9,11-14H,4-8H2,1-3H3,(H,24,25)/t11-,12-,13-,14+,20-,21+/m0/s1. The second-order valence-electron chi connectivity index (χ2n) is 9.07. The number of fused-ring (bicyclic) bond motifs is 5. The average molecular weight is 438 g/mol. The summed E-state index contributed by atoms with van der Waals surface area (Å²) < 4.78 is 14.6. The van der Waals surface area contributed by atoms with Crippen molar-refractivity contribution in [3.8, 4) is 0 Å². The topological polar surface area (TPSA) is 63.2 Å². The lowest BCUT2D eigenvalue weighted by atomic mass is 9.48. The Balaban J connectivity index is 1.82. The van der Waals surface area contributed by atoms with Gasteiger partial charge >= 0.3 is 0 Å². The summed E-state index contributed by atoms with van der Waals surface area (Å²) in [6.45, 7) is 5.42. The molecule has 0 radical (unpaired) electrons. The van der Waals surface area contributed by atoms with Crippen LogP contribution in [0, 0.1) is 28.6 Å². The summed E-state index contributed by atoms with van der Waals surface area (Å²) in [5.74, 6) is -0.777. The molecule has 27 heavy (non-hydrogen) atoms. The smallest absolute Gasteiger partial charge is 0.237 e. The van der Waals surface area contributed by atoms with E-state index < -0.39 is 17.0 Å². The molecule has 6 atom stereocenters. The van der Waals surface area contributed by atoms with Crippen molar-refractivity contribution in [1.29, 1.82) is 0 Å². The largest absolute Gasteiger partial charge is 0.323 e. The lowest BCUT2D eigenvalue weighted by molar-refractivity contribution is -0.131. The number of hydrogen-bond donors (Lipinski definition) is 1. The van der Waals surface area contributed by atoms with Gasteiger partial charge < -0.3 is 5.32 Å². The van der Waals surface area contributed by atoms with Crippen molar-refractivity contribution in [2.45, 2.75) is 57.7 Å². The number of ketones is 2. The first-order valence-electron chi connectivity index (χ1n) is 9.72. The van der Waals surface area contributed by atoms with Gasteiger partial charge in [-0.05, 0) is 55.1 Å². The number of hydrogen-bond acceptors (Lipinski definition) is 3. The quantitative estimate of drug-likeness (QED) is 0.630. The van der Waals surface area contributed by atoms with Gasteiger partial charge in [0.2, 0.25) is 11.7 Å². The molecule has 0 aromatic rings. The molecule has 0 saturated heterocycles. The van der Waals surface area contributed by atoms with Gasteiger partial charge in [-0.15, -0.1) is 0 Å². The van der Waals surface area contributed by atoms with E-state index in [1.165, 1.54) is 13.0 Å². The number of allylic oxidation sites excluding steroid dienone is 3. The molecule has 1 amide bonds. The fourth-order valence-corrected chi connectivity index (χ4v) is 7.66. The molecule has 146 valence electrons. The van der Waals surface area contributed by atoms with Crippen LogP contribution in [0.25, 0.3) is 0 Å². The summed E-state index contributed by atoms with van der Waals surface area (Å²) >= 11 is 3.74. The van der Waals surface area contributed by atoms with Gasteiger partial charge in [0, 0.05) is 29.0 Å². The number of nitrogens with one attached hydrogen (secondary N) is 1. The predicted molar refractivity (Wildman–Crippen MR) is 103 cm³/mol. The highest BCUT2D eigenvalue weighted by Crippen LogP contribution is 2.65. The Kier molecular flexibility index (Phi) is 4.30. The van der Waals surface area contributed by atoms with Crippen LogP contribution in [0.5, 0.6) is 0 Å². The van der Waals surface area contributed by atoms with Crippen molar-refractivity contribution in [3.05, 3.63) is 23.2 Å². The molecule has 0 bridgehead atoms. The van der Waals surface area contributed by atoms with Gasteiger partial charge in [-0.2, -0.15) is 0 Å². The fraction of sp³-hybridized carbons (Fsp3) is 0.667. The van der Waals surface area contributed by atoms with E-state index in [2.05, 4.69) is 28.2 Å². The van der Waals surface area contributed by atoms with Crippen molar-refractivity contribution in [2.75, 3.05) is 0 Å². The van der Waals surface area contributed by atoms with Crippen molar-refractivity contribution in [2.24, 2.45) is 28.6 Å². The van der Waals surface area contributed by atoms with E-state index in [0.29, 0.717) is 24.0 Å². The van der Waals surface area contributed by atoms with E-state index >= 15 is 0 Å². The first kappa shape index (κ1) is 19.0. The zero-order valence-corrected chi connectivity index (χ0v) is 17.5. The van der Waals surface area contributed by atoms with Crippen LogP contribution in [0.1, 0.15) is 52.9 Å². The number of carbonyl (C=O) groups excluding carboxylic acids is 3. The maximum absolute atomic E-state index is 14.6. The summed E-state index contributed by atoms with van der Waals surface area (Å²) in [5, 5.41) is 2.60. The minimum atomic E-state index is -0.791. The lowest BCUT2D eigenvalue weighted by Crippen LogP contribution is -2.53. The van der Waals surface area contributed by atoms with Gasteiger partial charge in [-0.1, -0.05) is 29.8 Å². The molecule has 0 aromatic heterocycles. The van der Waals surface area contributed by atoms with Crippen molar-refractivity contribution < 1.29 is 18.8 Å². The normalized spacial score (nSPS) is 43.7. The number of halogens is 2. The molecule has 1 N–H and O–H groups in total. The Bertz CT molecular complexity index is 818. The van der Waals surface area contributed by atoms with E-state index in [1.54, 1.807) is 0 Å². The second-order valence-corrected chi connectivity index (χ2v) is 10.2. The molecule has 3 fully saturated rings. The molecular formula is C21H25BrFNO3. The summed E-state index contributed by atoms with van der Waals surface area (Å²) in [6.07, 6.45) is 5.45. The number of rotatable bonds is 1. The summed E-state index contributed by atoms with van der Waals surface area (Å²) in [5.41, 5.74) is -0.0159. The lowest BCUT2D eigenvalue weighted by Gasteiger charge is -2.57. The van der Waals surface area contributed by atoms with E-state index in [-0.39, 0.29) is 27.8 Å². The third-order valence-electron chi connectivity index (χ3n) is 7.73. The molecule has 3 saturated carbocycles. The highest BCUT2D eigenvalue weighted by molar-refractivity contribution is 9.09. The Morgan fingerprint density at radius 1 is 1.26 bits per heavy atom. The van der Waals surface area contributed by atoms with E-state index in [9.17, 15) is 18.8 Å². The molecule has 6 heteroatoms. The SMILES string of the molecule is CC(=O)NC1=C2[C@H](Br)C[C@@H]3[C@H](CC[C@]4(C)C(=O)CC[C@@H]34)[C@@]2(C)C=C(F)C1=O. The van der Waals surface area contributed by atoms with Gasteiger partial charge in [-0.3, -0.25) is 14.4 Å². The van der Waals surface area contributed by atoms with Gasteiger partial charge in [0.15, 0.2) is 5.83 Å². The molecule has 0 spiro atoms. The second kappa shape index (κ2) is 6.10. The van der Waals surface area contributed by atoms with Crippen LogP contribution in [0.2, 0.25) is 0 Å². The zero-order chi connectivity index (χ0) is 19.7. The first-order valence-corrected chi connectivity index (χ1v) is 10.6. The molecule has 0 heterocycles. The Labute approximate surface area is 167 Å². The van der Waals surface area contributed by atoms with Crippen LogP contribution < -0.4 is 5.32 Å². The maximum Gasteiger partial charge on any atom is 0.237 e. The number of carbonyl (C=O) groups is 3. The van der Waals surface area contributed by atoms with Crippen LogP contribution in [0.3, 0.4) is 0 Å². The van der Waals surface area contributed by atoms with E-state index in [0.717, 1.165) is 31.3 Å². The molecule has 0 unspecified atom stereocenters. The summed E-state index contributed by atoms with van der Waals surface area (Å²) in [7, 11) is 0. The van der Waals surface area contributed by atoms with Crippen LogP contribution in [0.15, 0.2) is 23.2 Å². The van der Waals surface area contributed by atoms with Crippen LogP contribution in [-0.2, 0) is 14.4 Å². The Morgan fingerprint density at radius 2 is 1.96 bits per heavy atom. The van der Waals surface area contributed by atoms with Gasteiger partial charge in [0.25, 0.3) is 0 Å². The van der Waals surface area contributed by atoms with Crippen molar-refractivity contribution in [3.63, 3.8) is 0 Å². The minimum absolute atomic E-state index is 0.0983.